The van der Waals surface area contributed by atoms with E-state index >= 15 is 0 Å². The van der Waals surface area contributed by atoms with E-state index in [-0.39, 0.29) is 5.78 Å². The van der Waals surface area contributed by atoms with Gasteiger partial charge in [0.2, 0.25) is 0 Å². The van der Waals surface area contributed by atoms with Crippen molar-refractivity contribution in [2.45, 2.75) is 52.9 Å². The zero-order valence-corrected chi connectivity index (χ0v) is 9.05. The maximum Gasteiger partial charge on any atom is 0.126 e. The van der Waals surface area contributed by atoms with E-state index < -0.39 is 0 Å². The first kappa shape index (κ1) is 14.7. The highest BCUT2D eigenvalue weighted by atomic mass is 16.2. The summed E-state index contributed by atoms with van der Waals surface area (Å²) in [6.45, 7) is 5.25. The molecular weight excluding hydrogens is 164 g/mol. The molecule has 0 heterocycles. The van der Waals surface area contributed by atoms with Gasteiger partial charge in [-0.2, -0.15) is 0 Å². The zero-order chi connectivity index (χ0) is 10.5. The van der Waals surface area contributed by atoms with Crippen LogP contribution in [0.5, 0.6) is 0 Å². The first-order valence-electron chi connectivity index (χ1n) is 4.91. The largest absolute Gasteiger partial charge is 0.516 e. The van der Waals surface area contributed by atoms with Gasteiger partial charge in [-0.25, -0.2) is 0 Å². The molecule has 1 N–H and O–H groups in total. The van der Waals surface area contributed by atoms with Crippen molar-refractivity contribution in [3.05, 3.63) is 12.3 Å². The second kappa shape index (κ2) is 13.8. The Morgan fingerprint density at radius 2 is 1.77 bits per heavy atom. The van der Waals surface area contributed by atoms with Gasteiger partial charge < -0.3 is 9.90 Å². The lowest BCUT2D eigenvalue weighted by atomic mass is 10.2. The number of ketones is 1. The molecule has 0 aromatic carbocycles. The van der Waals surface area contributed by atoms with Crippen LogP contribution >= 0.6 is 0 Å². The topological polar surface area (TPSA) is 37.3 Å². The Hall–Kier alpha value is -0.790. The lowest BCUT2D eigenvalue weighted by Gasteiger charge is -1.92. The molecule has 0 aliphatic rings. The minimum Gasteiger partial charge on any atom is -0.516 e. The Kier molecular flexibility index (Phi) is 15.6. The van der Waals surface area contributed by atoms with Crippen molar-refractivity contribution in [3.8, 4) is 0 Å². The van der Waals surface area contributed by atoms with Crippen molar-refractivity contribution < 1.29 is 9.90 Å². The predicted octanol–water partition coefficient (Wildman–Crippen LogP) is 3.62. The standard InChI is InChI=1S/C8H16O.C3H6O/c1-2-3-4-5-6-7-8-9;1-3(2)4/h7-9H,2-6H2,1H3;1-2H3. The molecule has 0 aliphatic carbocycles. The highest BCUT2D eigenvalue weighted by molar-refractivity contribution is 5.72. The third-order valence-electron chi connectivity index (χ3n) is 1.33. The number of aliphatic hydroxyl groups is 1. The third kappa shape index (κ3) is 35.0. The highest BCUT2D eigenvalue weighted by Crippen LogP contribution is 2.01. The van der Waals surface area contributed by atoms with Gasteiger partial charge in [-0.15, -0.1) is 0 Å². The lowest BCUT2D eigenvalue weighted by molar-refractivity contribution is -0.114. The van der Waals surface area contributed by atoms with Gasteiger partial charge >= 0.3 is 0 Å². The third-order valence-corrected chi connectivity index (χ3v) is 1.33. The van der Waals surface area contributed by atoms with Crippen LogP contribution in [0, 0.1) is 0 Å². The molecular formula is C11H22O2. The van der Waals surface area contributed by atoms with Gasteiger partial charge in [-0.05, 0) is 26.7 Å². The molecule has 0 rings (SSSR count). The van der Waals surface area contributed by atoms with Crippen molar-refractivity contribution >= 4 is 5.78 Å². The van der Waals surface area contributed by atoms with Gasteiger partial charge in [-0.3, -0.25) is 0 Å². The maximum atomic E-state index is 9.44. The summed E-state index contributed by atoms with van der Waals surface area (Å²) in [5.41, 5.74) is 0. The molecule has 0 radical (unpaired) electrons. The number of unbranched alkanes of at least 4 members (excludes halogenated alkanes) is 4. The van der Waals surface area contributed by atoms with Crippen LogP contribution in [0.4, 0.5) is 0 Å². The smallest absolute Gasteiger partial charge is 0.126 e. The molecule has 0 spiro atoms. The molecule has 0 saturated heterocycles. The number of Topliss-reactive ketones (excluding diaryl/α,β-unsaturated/α-hetero) is 1. The first-order chi connectivity index (χ1) is 6.15. The summed E-state index contributed by atoms with van der Waals surface area (Å²) in [5, 5.41) is 8.24. The average Bonchev–Trinajstić information content (AvgIpc) is 2.03. The fraction of sp³-hybridized carbons (Fsp3) is 0.727. The summed E-state index contributed by atoms with van der Waals surface area (Å²) in [7, 11) is 0. The molecule has 0 amide bonds. The van der Waals surface area contributed by atoms with Gasteiger partial charge in [0.1, 0.15) is 5.78 Å². The molecule has 0 unspecified atom stereocenters. The first-order valence-corrected chi connectivity index (χ1v) is 4.91. The minimum absolute atomic E-state index is 0.167. The Morgan fingerprint density at radius 3 is 2.15 bits per heavy atom. The predicted molar refractivity (Wildman–Crippen MR) is 56.9 cm³/mol. The molecule has 0 atom stereocenters. The molecule has 2 nitrogen and oxygen atoms in total. The van der Waals surface area contributed by atoms with E-state index in [1.807, 2.05) is 0 Å². The molecule has 0 aromatic heterocycles. The molecule has 2 heteroatoms. The highest BCUT2D eigenvalue weighted by Gasteiger charge is 1.82. The summed E-state index contributed by atoms with van der Waals surface area (Å²) in [6, 6.07) is 0. The van der Waals surface area contributed by atoms with Crippen LogP contribution in [0.3, 0.4) is 0 Å². The summed E-state index contributed by atoms with van der Waals surface area (Å²) in [4.78, 5) is 9.44. The number of carbonyl (C=O) groups excluding carboxylic acids is 1. The zero-order valence-electron chi connectivity index (χ0n) is 9.05. The number of aliphatic hydroxyl groups excluding tert-OH is 1. The van der Waals surface area contributed by atoms with Crippen molar-refractivity contribution in [1.82, 2.24) is 0 Å². The van der Waals surface area contributed by atoms with Crippen LogP contribution < -0.4 is 0 Å². The van der Waals surface area contributed by atoms with Gasteiger partial charge in [0, 0.05) is 0 Å². The number of allylic oxidation sites excluding steroid dienone is 1. The normalized spacial score (nSPS) is 9.46. The quantitative estimate of drug-likeness (QED) is 0.526. The molecule has 0 fully saturated rings. The van der Waals surface area contributed by atoms with Crippen LogP contribution in [0.2, 0.25) is 0 Å². The van der Waals surface area contributed by atoms with E-state index in [2.05, 4.69) is 6.92 Å². The molecule has 0 saturated carbocycles. The van der Waals surface area contributed by atoms with E-state index in [9.17, 15) is 4.79 Å². The summed E-state index contributed by atoms with van der Waals surface area (Å²) in [6.07, 6.45) is 9.06. The van der Waals surface area contributed by atoms with E-state index in [1.54, 1.807) is 6.08 Å². The maximum absolute atomic E-state index is 9.44. The Balaban J connectivity index is 0. The molecule has 78 valence electrons. The Bertz CT molecular complexity index is 124. The number of hydrogen-bond donors (Lipinski definition) is 1. The van der Waals surface area contributed by atoms with Crippen molar-refractivity contribution in [2.75, 3.05) is 0 Å². The second-order valence-electron chi connectivity index (χ2n) is 3.14. The van der Waals surface area contributed by atoms with E-state index in [1.165, 1.54) is 39.5 Å². The van der Waals surface area contributed by atoms with Crippen LogP contribution in [-0.2, 0) is 4.79 Å². The fourth-order valence-electron chi connectivity index (χ4n) is 0.764. The van der Waals surface area contributed by atoms with Crippen LogP contribution in [-0.4, -0.2) is 10.9 Å². The Morgan fingerprint density at radius 1 is 1.23 bits per heavy atom. The van der Waals surface area contributed by atoms with Crippen LogP contribution in [0.15, 0.2) is 12.3 Å². The van der Waals surface area contributed by atoms with Gasteiger partial charge in [0.25, 0.3) is 0 Å². The number of hydrogen-bond acceptors (Lipinski definition) is 2. The number of rotatable bonds is 5. The monoisotopic (exact) mass is 186 g/mol. The molecule has 13 heavy (non-hydrogen) atoms. The molecule has 0 aromatic rings. The van der Waals surface area contributed by atoms with Crippen LogP contribution in [0.25, 0.3) is 0 Å². The van der Waals surface area contributed by atoms with E-state index in [0.29, 0.717) is 0 Å². The van der Waals surface area contributed by atoms with Gasteiger partial charge in [-0.1, -0.05) is 32.3 Å². The van der Waals surface area contributed by atoms with Crippen molar-refractivity contribution in [1.29, 1.82) is 0 Å². The lowest BCUT2D eigenvalue weighted by Crippen LogP contribution is -1.72. The van der Waals surface area contributed by atoms with Crippen molar-refractivity contribution in [2.24, 2.45) is 0 Å². The second-order valence-corrected chi connectivity index (χ2v) is 3.14. The molecule has 0 bridgehead atoms. The molecule has 0 aliphatic heterocycles. The Labute approximate surface area is 81.7 Å². The van der Waals surface area contributed by atoms with Crippen molar-refractivity contribution in [3.63, 3.8) is 0 Å². The average molecular weight is 186 g/mol. The summed E-state index contributed by atoms with van der Waals surface area (Å²) < 4.78 is 0. The van der Waals surface area contributed by atoms with E-state index in [4.69, 9.17) is 5.11 Å². The minimum atomic E-state index is 0.167. The van der Waals surface area contributed by atoms with Gasteiger partial charge in [0.15, 0.2) is 0 Å². The number of carbonyl (C=O) groups is 1. The SMILES string of the molecule is CC(C)=O.CCCCCCC=CO. The van der Waals surface area contributed by atoms with Crippen LogP contribution in [0.1, 0.15) is 52.9 Å². The fourth-order valence-corrected chi connectivity index (χ4v) is 0.764. The summed E-state index contributed by atoms with van der Waals surface area (Å²) >= 11 is 0. The van der Waals surface area contributed by atoms with Gasteiger partial charge in [0.05, 0.1) is 6.26 Å². The van der Waals surface area contributed by atoms with E-state index in [0.717, 1.165) is 12.7 Å². The summed E-state index contributed by atoms with van der Waals surface area (Å²) in [5.74, 6) is 0.167.